The van der Waals surface area contributed by atoms with Gasteiger partial charge in [0.1, 0.15) is 0 Å². The van der Waals surface area contributed by atoms with Crippen LogP contribution in [0.1, 0.15) is 58.4 Å². The molecule has 0 aliphatic heterocycles. The van der Waals surface area contributed by atoms with Crippen molar-refractivity contribution in [1.82, 2.24) is 25.0 Å². The number of ether oxygens (including phenoxy) is 1. The third-order valence-corrected chi connectivity index (χ3v) is 5.57. The molecule has 2 atom stereocenters. The molecule has 1 aliphatic carbocycles. The Morgan fingerprint density at radius 2 is 2.12 bits per heavy atom. The zero-order valence-electron chi connectivity index (χ0n) is 14.2. The molecule has 8 heteroatoms. The molecular weight excluding hydrogens is 346 g/mol. The van der Waals surface area contributed by atoms with E-state index in [-0.39, 0.29) is 6.04 Å². The maximum atomic E-state index is 6.27. The number of unbranched alkanes of at least 4 members (excludes halogenated alkanes) is 1. The molecule has 2 unspecified atom stereocenters. The fraction of sp³-hybridized carbons (Fsp3) is 0.750. The van der Waals surface area contributed by atoms with E-state index in [1.165, 1.54) is 0 Å². The lowest BCUT2D eigenvalue weighted by Crippen LogP contribution is -2.13. The molecule has 1 saturated carbocycles. The van der Waals surface area contributed by atoms with Crippen LogP contribution in [-0.4, -0.2) is 43.4 Å². The first kappa shape index (κ1) is 17.9. The van der Waals surface area contributed by atoms with E-state index in [4.69, 9.17) is 16.3 Å². The molecule has 0 spiro atoms. The first-order chi connectivity index (χ1) is 11.7. The smallest absolute Gasteiger partial charge is 0.191 e. The lowest BCUT2D eigenvalue weighted by Gasteiger charge is -2.13. The molecule has 1 aliphatic rings. The summed E-state index contributed by atoms with van der Waals surface area (Å²) in [7, 11) is 0. The quantitative estimate of drug-likeness (QED) is 0.299. The normalized spacial score (nSPS) is 21.0. The Labute approximate surface area is 151 Å². The van der Waals surface area contributed by atoms with Gasteiger partial charge in [-0.15, -0.1) is 5.10 Å². The largest absolute Gasteiger partial charge is 0.378 e. The van der Waals surface area contributed by atoms with Gasteiger partial charge in [0.05, 0.1) is 12.1 Å². The minimum atomic E-state index is 0.275. The minimum absolute atomic E-state index is 0.275. The fourth-order valence-electron chi connectivity index (χ4n) is 2.97. The highest BCUT2D eigenvalue weighted by Gasteiger charge is 2.29. The van der Waals surface area contributed by atoms with Gasteiger partial charge in [-0.1, -0.05) is 48.8 Å². The molecule has 0 radical (unpaired) electrons. The highest BCUT2D eigenvalue weighted by atomic mass is 35.5. The lowest BCUT2D eigenvalue weighted by atomic mass is 10.2. The van der Waals surface area contributed by atoms with Crippen molar-refractivity contribution in [3.8, 4) is 0 Å². The first-order valence-electron chi connectivity index (χ1n) is 8.75. The number of fused-ring (bicyclic) bond motifs is 1. The molecule has 0 aromatic carbocycles. The molecule has 3 rings (SSSR count). The number of hydrogen-bond acceptors (Lipinski definition) is 6. The predicted molar refractivity (Wildman–Crippen MR) is 96.7 cm³/mol. The third-order valence-electron chi connectivity index (χ3n) is 4.25. The summed E-state index contributed by atoms with van der Waals surface area (Å²) in [5, 5.41) is 9.58. The molecule has 2 heterocycles. The van der Waals surface area contributed by atoms with Crippen LogP contribution in [0.2, 0.25) is 5.15 Å². The van der Waals surface area contributed by atoms with Crippen LogP contribution in [0.15, 0.2) is 5.16 Å². The topological polar surface area (TPSA) is 65.7 Å². The van der Waals surface area contributed by atoms with E-state index in [0.717, 1.165) is 56.5 Å². The monoisotopic (exact) mass is 369 g/mol. The van der Waals surface area contributed by atoms with Crippen LogP contribution in [0.3, 0.4) is 0 Å². The summed E-state index contributed by atoms with van der Waals surface area (Å²) in [6.45, 7) is 5.16. The molecule has 0 saturated heterocycles. The van der Waals surface area contributed by atoms with E-state index in [9.17, 15) is 0 Å². The van der Waals surface area contributed by atoms with Gasteiger partial charge in [-0.05, 0) is 32.1 Å². The van der Waals surface area contributed by atoms with E-state index >= 15 is 0 Å². The van der Waals surface area contributed by atoms with Gasteiger partial charge in [-0.2, -0.15) is 0 Å². The number of aromatic nitrogens is 5. The number of rotatable bonds is 8. The average Bonchev–Trinajstić information content (AvgIpc) is 3.20. The Hall–Kier alpha value is -0.920. The van der Waals surface area contributed by atoms with Gasteiger partial charge >= 0.3 is 0 Å². The van der Waals surface area contributed by atoms with E-state index in [1.807, 2.05) is 4.68 Å². The molecule has 0 amide bonds. The Kier molecular flexibility index (Phi) is 6.30. The van der Waals surface area contributed by atoms with Gasteiger partial charge in [-0.3, -0.25) is 0 Å². The highest BCUT2D eigenvalue weighted by Crippen LogP contribution is 2.34. The molecule has 2 aromatic heterocycles. The van der Waals surface area contributed by atoms with Gasteiger partial charge in [0.15, 0.2) is 21.5 Å². The Morgan fingerprint density at radius 1 is 1.25 bits per heavy atom. The van der Waals surface area contributed by atoms with Crippen LogP contribution in [0.4, 0.5) is 0 Å². The van der Waals surface area contributed by atoms with Crippen molar-refractivity contribution >= 4 is 34.5 Å². The molecular formula is C16H24ClN5OS. The van der Waals surface area contributed by atoms with Crippen molar-refractivity contribution in [3.05, 3.63) is 5.15 Å². The number of hydrogen-bond donors (Lipinski definition) is 0. The van der Waals surface area contributed by atoms with Gasteiger partial charge < -0.3 is 4.74 Å². The maximum absolute atomic E-state index is 6.27. The van der Waals surface area contributed by atoms with E-state index in [1.54, 1.807) is 11.8 Å². The van der Waals surface area contributed by atoms with Crippen molar-refractivity contribution in [3.63, 3.8) is 0 Å². The molecule has 2 aromatic rings. The van der Waals surface area contributed by atoms with Crippen LogP contribution in [0.25, 0.3) is 11.2 Å². The van der Waals surface area contributed by atoms with Crippen LogP contribution in [0.5, 0.6) is 0 Å². The second kappa shape index (κ2) is 8.45. The van der Waals surface area contributed by atoms with E-state index in [2.05, 4.69) is 34.1 Å². The first-order valence-corrected chi connectivity index (χ1v) is 10.1. The molecule has 132 valence electrons. The molecule has 1 fully saturated rings. The van der Waals surface area contributed by atoms with Crippen LogP contribution < -0.4 is 0 Å². The van der Waals surface area contributed by atoms with Gasteiger partial charge in [-0.25, -0.2) is 14.6 Å². The number of thioether (sulfide) groups is 1. The summed E-state index contributed by atoms with van der Waals surface area (Å²) in [5.41, 5.74) is 1.33. The molecule has 0 N–H and O–H groups in total. The average molecular weight is 370 g/mol. The van der Waals surface area contributed by atoms with Gasteiger partial charge in [0, 0.05) is 12.4 Å². The number of nitrogens with zero attached hydrogens (tertiary/aromatic N) is 5. The second-order valence-corrected chi connectivity index (χ2v) is 7.58. The van der Waals surface area contributed by atoms with Gasteiger partial charge in [0.25, 0.3) is 0 Å². The van der Waals surface area contributed by atoms with Crippen LogP contribution >= 0.6 is 23.4 Å². The van der Waals surface area contributed by atoms with Gasteiger partial charge in [0.2, 0.25) is 0 Å². The summed E-state index contributed by atoms with van der Waals surface area (Å²) >= 11 is 7.89. The summed E-state index contributed by atoms with van der Waals surface area (Å²) in [6.07, 6.45) is 6.72. The summed E-state index contributed by atoms with van der Waals surface area (Å²) in [6, 6.07) is 0.275. The SMILES string of the molecule is CCCCOC1CCC(n2nnc3c(Cl)nc(SCCC)nc32)C1. The Morgan fingerprint density at radius 3 is 2.92 bits per heavy atom. The maximum Gasteiger partial charge on any atom is 0.191 e. The Balaban J connectivity index is 1.76. The lowest BCUT2D eigenvalue weighted by molar-refractivity contribution is 0.0537. The molecule has 6 nitrogen and oxygen atoms in total. The van der Waals surface area contributed by atoms with Crippen molar-refractivity contribution in [2.24, 2.45) is 0 Å². The predicted octanol–water partition coefficient (Wildman–Crippen LogP) is 4.29. The summed E-state index contributed by atoms with van der Waals surface area (Å²) in [5.74, 6) is 0.972. The molecule has 0 bridgehead atoms. The van der Waals surface area contributed by atoms with Crippen molar-refractivity contribution < 1.29 is 4.74 Å². The third kappa shape index (κ3) is 4.00. The van der Waals surface area contributed by atoms with Crippen LogP contribution in [-0.2, 0) is 4.74 Å². The highest BCUT2D eigenvalue weighted by molar-refractivity contribution is 7.99. The van der Waals surface area contributed by atoms with Crippen molar-refractivity contribution in [2.45, 2.75) is 69.7 Å². The zero-order chi connectivity index (χ0) is 16.9. The standard InChI is InChI=1S/C16H24ClN5OS/c1-3-5-8-23-12-7-6-11(10-12)22-15-13(20-21-22)14(17)18-16(19-15)24-9-4-2/h11-12H,3-10H2,1-2H3. The van der Waals surface area contributed by atoms with E-state index < -0.39 is 0 Å². The van der Waals surface area contributed by atoms with E-state index in [0.29, 0.717) is 21.9 Å². The minimum Gasteiger partial charge on any atom is -0.378 e. The summed E-state index contributed by atoms with van der Waals surface area (Å²) in [4.78, 5) is 8.96. The Bertz CT molecular complexity index is 680. The number of halogens is 1. The fourth-order valence-corrected chi connectivity index (χ4v) is 3.91. The molecule has 24 heavy (non-hydrogen) atoms. The second-order valence-electron chi connectivity index (χ2n) is 6.16. The summed E-state index contributed by atoms with van der Waals surface area (Å²) < 4.78 is 7.88. The zero-order valence-corrected chi connectivity index (χ0v) is 15.8. The van der Waals surface area contributed by atoms with Crippen molar-refractivity contribution in [2.75, 3.05) is 12.4 Å². The van der Waals surface area contributed by atoms with Crippen molar-refractivity contribution in [1.29, 1.82) is 0 Å². The van der Waals surface area contributed by atoms with Crippen LogP contribution in [0, 0.1) is 0 Å².